The number of hydrogen-bond donors (Lipinski definition) is 1. The van der Waals surface area contributed by atoms with E-state index in [-0.39, 0.29) is 5.60 Å². The van der Waals surface area contributed by atoms with Gasteiger partial charge in [-0.3, -0.25) is 4.68 Å². The van der Waals surface area contributed by atoms with E-state index < -0.39 is 0 Å². The highest BCUT2D eigenvalue weighted by Gasteiger charge is 2.26. The molecule has 1 unspecified atom stereocenters. The zero-order valence-corrected chi connectivity index (χ0v) is 18.5. The Morgan fingerprint density at radius 2 is 2.10 bits per heavy atom. The summed E-state index contributed by atoms with van der Waals surface area (Å²) in [4.78, 5) is 7.29. The van der Waals surface area contributed by atoms with Crippen molar-refractivity contribution in [3.63, 3.8) is 0 Å². The first-order valence-electron chi connectivity index (χ1n) is 10.6. The van der Waals surface area contributed by atoms with E-state index in [0.717, 1.165) is 32.0 Å². The molecule has 1 fully saturated rings. The SMILES string of the molecule is CCNC(=NCc1cccc(COC(C)(C)C)c1)N1CCC(c2cnn(C)c2)C1. The number of rotatable bonds is 6. The largest absolute Gasteiger partial charge is 0.371 e. The van der Waals surface area contributed by atoms with Crippen LogP contribution in [-0.4, -0.2) is 45.9 Å². The lowest BCUT2D eigenvalue weighted by Crippen LogP contribution is -2.40. The Labute approximate surface area is 175 Å². The number of benzene rings is 1. The van der Waals surface area contributed by atoms with E-state index >= 15 is 0 Å². The van der Waals surface area contributed by atoms with E-state index in [9.17, 15) is 0 Å². The van der Waals surface area contributed by atoms with Crippen molar-refractivity contribution in [3.05, 3.63) is 53.3 Å². The van der Waals surface area contributed by atoms with Gasteiger partial charge < -0.3 is 15.0 Å². The summed E-state index contributed by atoms with van der Waals surface area (Å²) in [5.74, 6) is 1.51. The maximum absolute atomic E-state index is 5.91. The zero-order chi connectivity index (χ0) is 20.9. The molecule has 158 valence electrons. The molecule has 1 aromatic carbocycles. The van der Waals surface area contributed by atoms with Crippen molar-refractivity contribution in [2.24, 2.45) is 12.0 Å². The van der Waals surface area contributed by atoms with Gasteiger partial charge in [0, 0.05) is 38.8 Å². The third-order valence-electron chi connectivity index (χ3n) is 5.09. The van der Waals surface area contributed by atoms with Crippen molar-refractivity contribution in [1.29, 1.82) is 0 Å². The lowest BCUT2D eigenvalue weighted by atomic mass is 10.0. The Bertz CT molecular complexity index is 821. The highest BCUT2D eigenvalue weighted by molar-refractivity contribution is 5.80. The molecule has 0 bridgehead atoms. The van der Waals surface area contributed by atoms with Crippen molar-refractivity contribution < 1.29 is 4.74 Å². The Morgan fingerprint density at radius 3 is 2.79 bits per heavy atom. The van der Waals surface area contributed by atoms with Gasteiger partial charge in [0.15, 0.2) is 5.96 Å². The van der Waals surface area contributed by atoms with Crippen LogP contribution in [0.25, 0.3) is 0 Å². The summed E-state index contributed by atoms with van der Waals surface area (Å²) < 4.78 is 7.79. The van der Waals surface area contributed by atoms with Gasteiger partial charge in [-0.25, -0.2) is 4.99 Å². The van der Waals surface area contributed by atoms with Crippen LogP contribution in [0, 0.1) is 0 Å². The Kier molecular flexibility index (Phi) is 6.96. The molecule has 1 N–H and O–H groups in total. The second-order valence-corrected chi connectivity index (χ2v) is 8.77. The normalized spacial score (nSPS) is 17.8. The quantitative estimate of drug-likeness (QED) is 0.597. The molecule has 1 atom stereocenters. The number of likely N-dealkylation sites (tertiary alicyclic amines) is 1. The Balaban J connectivity index is 1.64. The number of ether oxygens (including phenoxy) is 1. The molecule has 2 aromatic rings. The first kappa shape index (κ1) is 21.4. The zero-order valence-electron chi connectivity index (χ0n) is 18.5. The van der Waals surface area contributed by atoms with Crippen LogP contribution >= 0.6 is 0 Å². The number of nitrogens with zero attached hydrogens (tertiary/aromatic N) is 4. The first-order chi connectivity index (χ1) is 13.8. The molecule has 1 saturated heterocycles. The summed E-state index contributed by atoms with van der Waals surface area (Å²) in [7, 11) is 1.97. The van der Waals surface area contributed by atoms with Crippen LogP contribution in [0.15, 0.2) is 41.7 Å². The van der Waals surface area contributed by atoms with Gasteiger partial charge in [0.05, 0.1) is 24.9 Å². The number of aromatic nitrogens is 2. The van der Waals surface area contributed by atoms with Crippen molar-refractivity contribution in [2.45, 2.75) is 58.8 Å². The van der Waals surface area contributed by atoms with Crippen LogP contribution < -0.4 is 5.32 Å². The molecular weight excluding hydrogens is 362 g/mol. The third kappa shape index (κ3) is 6.32. The number of aryl methyl sites for hydroxylation is 1. The summed E-state index contributed by atoms with van der Waals surface area (Å²) in [5, 5.41) is 7.79. The Hall–Kier alpha value is -2.34. The fourth-order valence-electron chi connectivity index (χ4n) is 3.59. The molecule has 0 saturated carbocycles. The van der Waals surface area contributed by atoms with Gasteiger partial charge in [0.25, 0.3) is 0 Å². The summed E-state index contributed by atoms with van der Waals surface area (Å²) in [6.07, 6.45) is 5.25. The lowest BCUT2D eigenvalue weighted by molar-refractivity contribution is -0.0149. The molecule has 3 rings (SSSR count). The first-order valence-corrected chi connectivity index (χ1v) is 10.6. The molecule has 2 heterocycles. The standard InChI is InChI=1S/C23H35N5O/c1-6-24-22(28-11-10-20(16-28)21-14-26-27(5)15-21)25-13-18-8-7-9-19(12-18)17-29-23(2,3)4/h7-9,12,14-15,20H,6,10-11,13,16-17H2,1-5H3,(H,24,25). The molecule has 0 spiro atoms. The van der Waals surface area contributed by atoms with Crippen molar-refractivity contribution in [1.82, 2.24) is 20.0 Å². The average Bonchev–Trinajstić information content (AvgIpc) is 3.32. The van der Waals surface area contributed by atoms with E-state index in [1.807, 2.05) is 17.9 Å². The van der Waals surface area contributed by atoms with Crippen LogP contribution in [0.5, 0.6) is 0 Å². The molecule has 29 heavy (non-hydrogen) atoms. The van der Waals surface area contributed by atoms with Gasteiger partial charge in [-0.05, 0) is 50.8 Å². The van der Waals surface area contributed by atoms with Crippen LogP contribution in [0.2, 0.25) is 0 Å². The van der Waals surface area contributed by atoms with Crippen LogP contribution in [0.4, 0.5) is 0 Å². The highest BCUT2D eigenvalue weighted by Crippen LogP contribution is 2.26. The summed E-state index contributed by atoms with van der Waals surface area (Å²) in [6.45, 7) is 12.5. The summed E-state index contributed by atoms with van der Waals surface area (Å²) in [6, 6.07) is 8.54. The number of aliphatic imine (C=N–C) groups is 1. The van der Waals surface area contributed by atoms with Gasteiger partial charge in [-0.15, -0.1) is 0 Å². The molecule has 0 radical (unpaired) electrons. The molecule has 0 amide bonds. The summed E-state index contributed by atoms with van der Waals surface area (Å²) >= 11 is 0. The van der Waals surface area contributed by atoms with Gasteiger partial charge >= 0.3 is 0 Å². The number of hydrogen-bond acceptors (Lipinski definition) is 3. The summed E-state index contributed by atoms with van der Waals surface area (Å²) in [5.41, 5.74) is 3.58. The van der Waals surface area contributed by atoms with Gasteiger partial charge in [0.1, 0.15) is 0 Å². The average molecular weight is 398 g/mol. The van der Waals surface area contributed by atoms with E-state index in [2.05, 4.69) is 73.5 Å². The lowest BCUT2D eigenvalue weighted by Gasteiger charge is -2.22. The second kappa shape index (κ2) is 9.44. The number of nitrogens with one attached hydrogen (secondary N) is 1. The fourth-order valence-corrected chi connectivity index (χ4v) is 3.59. The van der Waals surface area contributed by atoms with Crippen molar-refractivity contribution >= 4 is 5.96 Å². The van der Waals surface area contributed by atoms with Crippen LogP contribution in [-0.2, 0) is 24.9 Å². The molecule has 1 aliphatic heterocycles. The van der Waals surface area contributed by atoms with Gasteiger partial charge in [-0.1, -0.05) is 24.3 Å². The Morgan fingerprint density at radius 1 is 1.31 bits per heavy atom. The minimum absolute atomic E-state index is 0.132. The van der Waals surface area contributed by atoms with Gasteiger partial charge in [-0.2, -0.15) is 5.10 Å². The minimum atomic E-state index is -0.132. The van der Waals surface area contributed by atoms with Crippen LogP contribution in [0.3, 0.4) is 0 Å². The molecule has 1 aliphatic rings. The number of guanidine groups is 1. The predicted octanol–water partition coefficient (Wildman–Crippen LogP) is 3.69. The maximum atomic E-state index is 5.91. The predicted molar refractivity (Wildman–Crippen MR) is 118 cm³/mol. The van der Waals surface area contributed by atoms with Crippen molar-refractivity contribution in [3.8, 4) is 0 Å². The van der Waals surface area contributed by atoms with E-state index in [0.29, 0.717) is 19.1 Å². The van der Waals surface area contributed by atoms with E-state index in [4.69, 9.17) is 9.73 Å². The molecular formula is C23H35N5O. The minimum Gasteiger partial charge on any atom is -0.371 e. The van der Waals surface area contributed by atoms with Crippen LogP contribution in [0.1, 0.15) is 56.7 Å². The second-order valence-electron chi connectivity index (χ2n) is 8.77. The molecule has 6 nitrogen and oxygen atoms in total. The highest BCUT2D eigenvalue weighted by atomic mass is 16.5. The third-order valence-corrected chi connectivity index (χ3v) is 5.09. The molecule has 6 heteroatoms. The van der Waals surface area contributed by atoms with E-state index in [1.54, 1.807) is 0 Å². The molecule has 0 aliphatic carbocycles. The molecule has 1 aromatic heterocycles. The smallest absolute Gasteiger partial charge is 0.194 e. The van der Waals surface area contributed by atoms with E-state index in [1.165, 1.54) is 16.7 Å². The van der Waals surface area contributed by atoms with Crippen molar-refractivity contribution in [2.75, 3.05) is 19.6 Å². The van der Waals surface area contributed by atoms with Gasteiger partial charge in [0.2, 0.25) is 0 Å². The monoisotopic (exact) mass is 397 g/mol. The fraction of sp³-hybridized carbons (Fsp3) is 0.565. The topological polar surface area (TPSA) is 54.7 Å². The maximum Gasteiger partial charge on any atom is 0.194 e.